The molecule has 1 aliphatic heterocycles. The van der Waals surface area contributed by atoms with Gasteiger partial charge >= 0.3 is 5.97 Å². The minimum atomic E-state index is -4.06. The first-order chi connectivity index (χ1) is 18.1. The molecule has 1 heterocycles. The van der Waals surface area contributed by atoms with E-state index in [0.29, 0.717) is 15.6 Å². The Hall–Kier alpha value is -2.37. The number of rotatable bonds is 7. The first-order valence-corrected chi connectivity index (χ1v) is 14.1. The van der Waals surface area contributed by atoms with Crippen LogP contribution < -0.4 is 5.32 Å². The lowest BCUT2D eigenvalue weighted by molar-refractivity contribution is -0.125. The van der Waals surface area contributed by atoms with Crippen LogP contribution in [0.2, 0.25) is 20.1 Å². The van der Waals surface area contributed by atoms with Gasteiger partial charge < -0.3 is 14.8 Å². The maximum absolute atomic E-state index is 13.3. The summed E-state index contributed by atoms with van der Waals surface area (Å²) < 4.78 is 38.4. The van der Waals surface area contributed by atoms with E-state index in [2.05, 4.69) is 5.32 Å². The summed E-state index contributed by atoms with van der Waals surface area (Å²) in [4.78, 5) is 26.2. The van der Waals surface area contributed by atoms with Crippen LogP contribution in [0.3, 0.4) is 0 Å². The highest BCUT2D eigenvalue weighted by Gasteiger charge is 2.32. The Morgan fingerprint density at radius 2 is 1.53 bits per heavy atom. The molecule has 1 saturated heterocycles. The van der Waals surface area contributed by atoms with Gasteiger partial charge in [0, 0.05) is 34.4 Å². The number of halogens is 4. The van der Waals surface area contributed by atoms with E-state index in [-0.39, 0.29) is 52.5 Å². The summed E-state index contributed by atoms with van der Waals surface area (Å²) in [5.74, 6) is -1.73. The average Bonchev–Trinajstić information content (AvgIpc) is 2.87. The molecule has 1 atom stereocenters. The summed E-state index contributed by atoms with van der Waals surface area (Å²) in [6.07, 6.45) is -1.42. The molecule has 200 valence electrons. The molecule has 0 bridgehead atoms. The fraction of sp³-hybridized carbons (Fsp3) is 0.200. The molecule has 1 unspecified atom stereocenters. The van der Waals surface area contributed by atoms with E-state index >= 15 is 0 Å². The summed E-state index contributed by atoms with van der Waals surface area (Å²) in [5.41, 5.74) is 0.369. The molecule has 3 aromatic rings. The minimum absolute atomic E-state index is 0.130. The van der Waals surface area contributed by atoms with E-state index in [4.69, 9.17) is 55.9 Å². The van der Waals surface area contributed by atoms with Gasteiger partial charge in [0.25, 0.3) is 5.91 Å². The molecule has 1 fully saturated rings. The quantitative estimate of drug-likeness (QED) is 0.333. The molecule has 8 nitrogen and oxygen atoms in total. The second-order valence-electron chi connectivity index (χ2n) is 8.12. The van der Waals surface area contributed by atoms with E-state index in [1.165, 1.54) is 22.5 Å². The van der Waals surface area contributed by atoms with Gasteiger partial charge in [-0.15, -0.1) is 0 Å². The predicted molar refractivity (Wildman–Crippen MR) is 146 cm³/mol. The van der Waals surface area contributed by atoms with Crippen molar-refractivity contribution in [2.24, 2.45) is 0 Å². The maximum atomic E-state index is 13.3. The van der Waals surface area contributed by atoms with Crippen LogP contribution in [-0.4, -0.2) is 50.9 Å². The highest BCUT2D eigenvalue weighted by Crippen LogP contribution is 2.33. The molecular weight excluding hydrogens is 598 g/mol. The first-order valence-electron chi connectivity index (χ1n) is 11.2. The van der Waals surface area contributed by atoms with E-state index < -0.39 is 28.0 Å². The van der Waals surface area contributed by atoms with Gasteiger partial charge in [0.05, 0.1) is 28.8 Å². The third-order valence-electron chi connectivity index (χ3n) is 5.52. The fourth-order valence-electron chi connectivity index (χ4n) is 3.71. The number of sulfonamides is 1. The monoisotopic (exact) mass is 616 g/mol. The van der Waals surface area contributed by atoms with Crippen molar-refractivity contribution < 1.29 is 27.5 Å². The van der Waals surface area contributed by atoms with Gasteiger partial charge in [0.1, 0.15) is 4.90 Å². The van der Waals surface area contributed by atoms with Gasteiger partial charge in [0.15, 0.2) is 0 Å². The number of nitrogens with one attached hydrogen (secondary N) is 1. The third-order valence-corrected chi connectivity index (χ3v) is 8.64. The number of ether oxygens (including phenoxy) is 2. The van der Waals surface area contributed by atoms with Gasteiger partial charge in [-0.3, -0.25) is 4.79 Å². The Bertz CT molecular complexity index is 1440. The smallest absolute Gasteiger partial charge is 0.340 e. The summed E-state index contributed by atoms with van der Waals surface area (Å²) in [7, 11) is -4.06. The van der Waals surface area contributed by atoms with Crippen molar-refractivity contribution in [1.82, 2.24) is 4.31 Å². The standard InChI is InChI=1S/C25H20Cl4N2O6S/c26-16-10-17(27)12-18(11-16)30-24(32)23(15-4-2-1-3-5-15)37-25(33)19-13-22(21(29)14-20(19)28)38(34,35)31-6-8-36-9-7-31/h1-5,10-14,23H,6-9H2,(H,30,32). The van der Waals surface area contributed by atoms with Crippen molar-refractivity contribution >= 4 is 74.0 Å². The Kier molecular flexibility index (Phi) is 9.20. The number of esters is 1. The number of benzene rings is 3. The van der Waals surface area contributed by atoms with E-state index in [0.717, 1.165) is 12.1 Å². The summed E-state index contributed by atoms with van der Waals surface area (Å²) in [6.45, 7) is 0.714. The summed E-state index contributed by atoms with van der Waals surface area (Å²) in [5, 5.41) is 2.91. The topological polar surface area (TPSA) is 102 Å². The van der Waals surface area contributed by atoms with Gasteiger partial charge in [0.2, 0.25) is 16.1 Å². The Morgan fingerprint density at radius 3 is 2.16 bits per heavy atom. The molecule has 1 aliphatic rings. The molecule has 38 heavy (non-hydrogen) atoms. The highest BCUT2D eigenvalue weighted by molar-refractivity contribution is 7.89. The highest BCUT2D eigenvalue weighted by atomic mass is 35.5. The summed E-state index contributed by atoms with van der Waals surface area (Å²) in [6, 6.07) is 14.9. The number of carbonyl (C=O) groups excluding carboxylic acids is 2. The van der Waals surface area contributed by atoms with E-state index in [9.17, 15) is 18.0 Å². The zero-order chi connectivity index (χ0) is 27.4. The molecule has 1 N–H and O–H groups in total. The largest absolute Gasteiger partial charge is 0.444 e. The number of carbonyl (C=O) groups is 2. The number of morpholine rings is 1. The summed E-state index contributed by atoms with van der Waals surface area (Å²) >= 11 is 24.5. The lowest BCUT2D eigenvalue weighted by Crippen LogP contribution is -2.40. The van der Waals surface area contributed by atoms with Crippen LogP contribution in [-0.2, 0) is 24.3 Å². The molecule has 0 aromatic heterocycles. The maximum Gasteiger partial charge on any atom is 0.340 e. The van der Waals surface area contributed by atoms with Gasteiger partial charge in [-0.05, 0) is 30.3 Å². The van der Waals surface area contributed by atoms with Crippen molar-refractivity contribution in [3.8, 4) is 0 Å². The zero-order valence-electron chi connectivity index (χ0n) is 19.5. The number of hydrogen-bond donors (Lipinski definition) is 1. The Balaban J connectivity index is 1.65. The van der Waals surface area contributed by atoms with E-state index in [1.807, 2.05) is 0 Å². The molecule has 13 heteroatoms. The second kappa shape index (κ2) is 12.2. The van der Waals surface area contributed by atoms with Crippen LogP contribution in [0.1, 0.15) is 22.0 Å². The third kappa shape index (κ3) is 6.60. The predicted octanol–water partition coefficient (Wildman–Crippen LogP) is 5.86. The van der Waals surface area contributed by atoms with Crippen molar-refractivity contribution in [2.45, 2.75) is 11.0 Å². The molecule has 4 rings (SSSR count). The average molecular weight is 618 g/mol. The van der Waals surface area contributed by atoms with Gasteiger partial charge in [-0.1, -0.05) is 76.7 Å². The first kappa shape index (κ1) is 28.6. The number of amides is 1. The van der Waals surface area contributed by atoms with Crippen LogP contribution in [0.5, 0.6) is 0 Å². The zero-order valence-corrected chi connectivity index (χ0v) is 23.3. The molecular formula is C25H20Cl4N2O6S. The van der Waals surface area contributed by atoms with Crippen molar-refractivity contribution in [3.63, 3.8) is 0 Å². The van der Waals surface area contributed by atoms with Gasteiger partial charge in [-0.25, -0.2) is 13.2 Å². The normalized spacial score (nSPS) is 15.1. The van der Waals surface area contributed by atoms with Crippen molar-refractivity contribution in [3.05, 3.63) is 91.9 Å². The number of anilines is 1. The van der Waals surface area contributed by atoms with Gasteiger partial charge in [-0.2, -0.15) is 4.31 Å². The Morgan fingerprint density at radius 1 is 0.895 bits per heavy atom. The molecule has 0 radical (unpaired) electrons. The van der Waals surface area contributed by atoms with Crippen LogP contribution in [0.25, 0.3) is 0 Å². The van der Waals surface area contributed by atoms with Crippen LogP contribution in [0, 0.1) is 0 Å². The molecule has 3 aromatic carbocycles. The van der Waals surface area contributed by atoms with Crippen LogP contribution in [0.4, 0.5) is 5.69 Å². The molecule has 0 saturated carbocycles. The van der Waals surface area contributed by atoms with Crippen molar-refractivity contribution in [1.29, 1.82) is 0 Å². The van der Waals surface area contributed by atoms with Crippen LogP contribution >= 0.6 is 46.4 Å². The lowest BCUT2D eigenvalue weighted by atomic mass is 10.1. The second-order valence-corrected chi connectivity index (χ2v) is 11.7. The lowest BCUT2D eigenvalue weighted by Gasteiger charge is -2.26. The van der Waals surface area contributed by atoms with E-state index in [1.54, 1.807) is 30.3 Å². The SMILES string of the molecule is O=C(OC(C(=O)Nc1cc(Cl)cc(Cl)c1)c1ccccc1)c1cc(S(=O)(=O)N2CCOCC2)c(Cl)cc1Cl. The number of nitrogens with zero attached hydrogens (tertiary/aromatic N) is 1. The van der Waals surface area contributed by atoms with Crippen molar-refractivity contribution in [2.75, 3.05) is 31.6 Å². The molecule has 0 spiro atoms. The number of hydrogen-bond acceptors (Lipinski definition) is 6. The minimum Gasteiger partial charge on any atom is -0.444 e. The molecule has 0 aliphatic carbocycles. The van der Waals surface area contributed by atoms with Crippen LogP contribution in [0.15, 0.2) is 65.6 Å². The Labute approximate surface area is 239 Å². The molecule has 1 amide bonds. The fourth-order valence-corrected chi connectivity index (χ4v) is 6.47.